The third kappa shape index (κ3) is 7.10. The zero-order valence-electron chi connectivity index (χ0n) is 24.6. The summed E-state index contributed by atoms with van der Waals surface area (Å²) in [6, 6.07) is 7.11. The number of halogens is 1. The SMILES string of the molecule is CC[C@@H](C)C(=O)N[C@H](C(=O)N1CCC[C@H]1CN(CCc1ccc(F)cc1)C(=O)c1cnc2ncccn12)C(C)(C)C. The van der Waals surface area contributed by atoms with E-state index in [9.17, 15) is 18.8 Å². The van der Waals surface area contributed by atoms with Crippen molar-refractivity contribution in [2.24, 2.45) is 11.3 Å². The van der Waals surface area contributed by atoms with E-state index < -0.39 is 11.5 Å². The van der Waals surface area contributed by atoms with Gasteiger partial charge in [0, 0.05) is 44.0 Å². The molecule has 2 aromatic heterocycles. The van der Waals surface area contributed by atoms with Gasteiger partial charge >= 0.3 is 0 Å². The highest BCUT2D eigenvalue weighted by Gasteiger charge is 2.41. The number of hydrogen-bond donors (Lipinski definition) is 1. The first-order valence-corrected chi connectivity index (χ1v) is 14.4. The molecule has 1 N–H and O–H groups in total. The standard InChI is InChI=1S/C31H41FN6O3/c1-6-21(2)27(39)35-26(31(3,4)5)29(41)37-16-7-9-24(37)20-36(18-14-22-10-12-23(32)13-11-22)28(40)25-19-34-30-33-15-8-17-38(25)30/h8,10-13,15,17,19,21,24,26H,6-7,9,14,16,18,20H2,1-5H3,(H,35,39)/t21-,24+,26-/m1/s1. The van der Waals surface area contributed by atoms with Crippen LogP contribution in [0.1, 0.15) is 69.9 Å². The maximum Gasteiger partial charge on any atom is 0.272 e. The van der Waals surface area contributed by atoms with E-state index in [1.165, 1.54) is 18.3 Å². The predicted molar refractivity (Wildman–Crippen MR) is 155 cm³/mol. The van der Waals surface area contributed by atoms with Crippen molar-refractivity contribution in [1.82, 2.24) is 29.5 Å². The molecule has 0 saturated carbocycles. The quantitative estimate of drug-likeness (QED) is 0.399. The minimum absolute atomic E-state index is 0.124. The first-order chi connectivity index (χ1) is 19.5. The number of imidazole rings is 1. The number of benzene rings is 1. The zero-order chi connectivity index (χ0) is 29.7. The van der Waals surface area contributed by atoms with E-state index in [4.69, 9.17) is 0 Å². The monoisotopic (exact) mass is 564 g/mol. The highest BCUT2D eigenvalue weighted by molar-refractivity contribution is 5.93. The van der Waals surface area contributed by atoms with Crippen LogP contribution in [0.25, 0.3) is 5.78 Å². The highest BCUT2D eigenvalue weighted by Crippen LogP contribution is 2.27. The van der Waals surface area contributed by atoms with E-state index in [1.54, 1.807) is 39.9 Å². The summed E-state index contributed by atoms with van der Waals surface area (Å²) in [5.74, 6) is -0.549. The number of fused-ring (bicyclic) bond motifs is 1. The number of rotatable bonds is 10. The average Bonchev–Trinajstić information content (AvgIpc) is 3.60. The van der Waals surface area contributed by atoms with E-state index >= 15 is 0 Å². The number of amides is 3. The molecule has 220 valence electrons. The van der Waals surface area contributed by atoms with Crippen molar-refractivity contribution in [2.45, 2.75) is 72.4 Å². The molecular formula is C31H41FN6O3. The van der Waals surface area contributed by atoms with Crippen molar-refractivity contribution in [3.63, 3.8) is 0 Å². The van der Waals surface area contributed by atoms with E-state index in [1.807, 2.05) is 39.5 Å². The molecule has 4 rings (SSSR count). The van der Waals surface area contributed by atoms with Crippen molar-refractivity contribution in [2.75, 3.05) is 19.6 Å². The van der Waals surface area contributed by atoms with Crippen molar-refractivity contribution in [3.05, 3.63) is 66.0 Å². The molecule has 1 saturated heterocycles. The normalized spacial score (nSPS) is 16.9. The summed E-state index contributed by atoms with van der Waals surface area (Å²) in [7, 11) is 0. The fourth-order valence-electron chi connectivity index (χ4n) is 5.19. The molecule has 0 bridgehead atoms. The van der Waals surface area contributed by atoms with Crippen molar-refractivity contribution < 1.29 is 18.8 Å². The van der Waals surface area contributed by atoms with Crippen LogP contribution >= 0.6 is 0 Å². The lowest BCUT2D eigenvalue weighted by Crippen LogP contribution is -2.57. The fourth-order valence-corrected chi connectivity index (χ4v) is 5.19. The van der Waals surface area contributed by atoms with Gasteiger partial charge in [0.05, 0.1) is 6.20 Å². The lowest BCUT2D eigenvalue weighted by Gasteiger charge is -2.37. The Morgan fingerprint density at radius 1 is 1.17 bits per heavy atom. The van der Waals surface area contributed by atoms with Gasteiger partial charge in [-0.1, -0.05) is 46.8 Å². The first kappa shape index (κ1) is 30.1. The number of hydrogen-bond acceptors (Lipinski definition) is 5. The van der Waals surface area contributed by atoms with Crippen LogP contribution in [0.4, 0.5) is 4.39 Å². The molecule has 3 amide bonds. The van der Waals surface area contributed by atoms with Gasteiger partial charge in [-0.25, -0.2) is 14.4 Å². The largest absolute Gasteiger partial charge is 0.344 e. The summed E-state index contributed by atoms with van der Waals surface area (Å²) in [6.07, 6.45) is 7.66. The van der Waals surface area contributed by atoms with Crippen molar-refractivity contribution >= 4 is 23.5 Å². The number of carbonyl (C=O) groups excluding carboxylic acids is 3. The fraction of sp³-hybridized carbons (Fsp3) is 0.516. The summed E-state index contributed by atoms with van der Waals surface area (Å²) in [5, 5.41) is 3.01. The minimum atomic E-state index is -0.683. The Morgan fingerprint density at radius 2 is 1.90 bits per heavy atom. The first-order valence-electron chi connectivity index (χ1n) is 14.4. The molecular weight excluding hydrogens is 523 g/mol. The topological polar surface area (TPSA) is 99.9 Å². The molecule has 0 unspecified atom stereocenters. The summed E-state index contributed by atoms with van der Waals surface area (Å²) in [4.78, 5) is 52.8. The van der Waals surface area contributed by atoms with Crippen LogP contribution < -0.4 is 5.32 Å². The Kier molecular flexibility index (Phi) is 9.40. The van der Waals surface area contributed by atoms with E-state index in [0.29, 0.717) is 43.9 Å². The van der Waals surface area contributed by atoms with E-state index in [0.717, 1.165) is 18.4 Å². The second-order valence-corrected chi connectivity index (χ2v) is 12.0. The number of carbonyl (C=O) groups is 3. The predicted octanol–water partition coefficient (Wildman–Crippen LogP) is 4.12. The molecule has 0 spiro atoms. The molecule has 3 aromatic rings. The number of likely N-dealkylation sites (tertiary alicyclic amines) is 1. The summed E-state index contributed by atoms with van der Waals surface area (Å²) in [5.41, 5.74) is 0.801. The van der Waals surface area contributed by atoms with Crippen molar-refractivity contribution in [1.29, 1.82) is 0 Å². The van der Waals surface area contributed by atoms with Crippen LogP contribution in [0, 0.1) is 17.2 Å². The number of nitrogens with one attached hydrogen (secondary N) is 1. The Bertz CT molecular complexity index is 1370. The summed E-state index contributed by atoms with van der Waals surface area (Å²) < 4.78 is 15.1. The molecule has 0 aliphatic carbocycles. The van der Waals surface area contributed by atoms with Gasteiger partial charge < -0.3 is 15.1 Å². The van der Waals surface area contributed by atoms with Crippen LogP contribution in [0.2, 0.25) is 0 Å². The number of aromatic nitrogens is 3. The maximum atomic E-state index is 14.0. The minimum Gasteiger partial charge on any atom is -0.344 e. The summed E-state index contributed by atoms with van der Waals surface area (Å²) in [6.45, 7) is 10.9. The second-order valence-electron chi connectivity index (χ2n) is 12.0. The van der Waals surface area contributed by atoms with E-state index in [2.05, 4.69) is 15.3 Å². The van der Waals surface area contributed by atoms with Crippen LogP contribution in [-0.4, -0.2) is 73.6 Å². The van der Waals surface area contributed by atoms with Gasteiger partial charge in [0.1, 0.15) is 17.6 Å². The lowest BCUT2D eigenvalue weighted by molar-refractivity contribution is -0.141. The van der Waals surface area contributed by atoms with Gasteiger partial charge in [0.25, 0.3) is 5.91 Å². The molecule has 1 aliphatic heterocycles. The number of nitrogens with zero attached hydrogens (tertiary/aromatic N) is 5. The molecule has 1 aromatic carbocycles. The molecule has 3 heterocycles. The van der Waals surface area contributed by atoms with Crippen LogP contribution in [-0.2, 0) is 16.0 Å². The molecule has 1 fully saturated rings. The van der Waals surface area contributed by atoms with Gasteiger partial charge in [-0.3, -0.25) is 18.8 Å². The van der Waals surface area contributed by atoms with Gasteiger partial charge in [-0.05, 0) is 54.9 Å². The zero-order valence-corrected chi connectivity index (χ0v) is 24.6. The van der Waals surface area contributed by atoms with Crippen LogP contribution in [0.5, 0.6) is 0 Å². The maximum absolute atomic E-state index is 14.0. The third-order valence-corrected chi connectivity index (χ3v) is 7.93. The van der Waals surface area contributed by atoms with Crippen molar-refractivity contribution in [3.8, 4) is 0 Å². The molecule has 10 heteroatoms. The van der Waals surface area contributed by atoms with Crippen LogP contribution in [0.3, 0.4) is 0 Å². The molecule has 1 aliphatic rings. The van der Waals surface area contributed by atoms with Gasteiger partial charge in [0.2, 0.25) is 17.6 Å². The van der Waals surface area contributed by atoms with Gasteiger partial charge in [0.15, 0.2) is 0 Å². The van der Waals surface area contributed by atoms with Gasteiger partial charge in [-0.15, -0.1) is 0 Å². The smallest absolute Gasteiger partial charge is 0.272 e. The highest BCUT2D eigenvalue weighted by atomic mass is 19.1. The molecule has 0 radical (unpaired) electrons. The third-order valence-electron chi connectivity index (χ3n) is 7.93. The summed E-state index contributed by atoms with van der Waals surface area (Å²) >= 11 is 0. The Balaban J connectivity index is 1.58. The lowest BCUT2D eigenvalue weighted by atomic mass is 9.85. The van der Waals surface area contributed by atoms with E-state index in [-0.39, 0.29) is 35.5 Å². The van der Waals surface area contributed by atoms with Gasteiger partial charge in [-0.2, -0.15) is 0 Å². The Labute approximate surface area is 241 Å². The molecule has 41 heavy (non-hydrogen) atoms. The average molecular weight is 565 g/mol. The second kappa shape index (κ2) is 12.8. The van der Waals surface area contributed by atoms with Crippen LogP contribution in [0.15, 0.2) is 48.9 Å². The Morgan fingerprint density at radius 3 is 2.59 bits per heavy atom. The Hall–Kier alpha value is -3.82. The molecule has 3 atom stereocenters. The molecule has 9 nitrogen and oxygen atoms in total.